The van der Waals surface area contributed by atoms with Crippen LogP contribution < -0.4 is 15.6 Å². The van der Waals surface area contributed by atoms with Gasteiger partial charge in [-0.25, -0.2) is 4.68 Å². The second-order valence-electron chi connectivity index (χ2n) is 7.99. The molecule has 0 fully saturated rings. The molecule has 0 bridgehead atoms. The predicted molar refractivity (Wildman–Crippen MR) is 121 cm³/mol. The highest BCUT2D eigenvalue weighted by Crippen LogP contribution is 2.42. The summed E-state index contributed by atoms with van der Waals surface area (Å²) in [5.41, 5.74) is 5.10. The first-order valence-corrected chi connectivity index (χ1v) is 10.9. The summed E-state index contributed by atoms with van der Waals surface area (Å²) in [5, 5.41) is 3.87. The number of fused-ring (bicyclic) bond motifs is 3. The summed E-state index contributed by atoms with van der Waals surface area (Å²) in [5.74, 6) is -0.0697. The zero-order valence-electron chi connectivity index (χ0n) is 18.6. The number of benzene rings is 2. The average molecular weight is 496 g/mol. The fourth-order valence-corrected chi connectivity index (χ4v) is 4.02. The Bertz CT molecular complexity index is 1410. The summed E-state index contributed by atoms with van der Waals surface area (Å²) in [6, 6.07) is 16.2. The van der Waals surface area contributed by atoms with Crippen LogP contribution in [0.25, 0.3) is 16.9 Å². The number of nitrogens with zero attached hydrogens (tertiary/aromatic N) is 2. The number of rotatable bonds is 5. The molecule has 8 nitrogen and oxygen atoms in total. The molecule has 1 aliphatic carbocycles. The highest BCUT2D eigenvalue weighted by atomic mass is 19.4. The van der Waals surface area contributed by atoms with Crippen molar-refractivity contribution in [3.05, 3.63) is 89.5 Å². The molecule has 0 saturated carbocycles. The topological polar surface area (TPSA) is 98.4 Å². The highest BCUT2D eigenvalue weighted by Gasteiger charge is 2.41. The highest BCUT2D eigenvalue weighted by molar-refractivity contribution is 5.95. The summed E-state index contributed by atoms with van der Waals surface area (Å²) >= 11 is 0. The Labute approximate surface area is 202 Å². The molecule has 0 aliphatic heterocycles. The molecule has 11 heteroatoms. The molecule has 1 aliphatic rings. The molecule has 2 N–H and O–H groups in total. The van der Waals surface area contributed by atoms with Crippen LogP contribution in [0.2, 0.25) is 0 Å². The van der Waals surface area contributed by atoms with E-state index in [1.165, 1.54) is 35.2 Å². The SMILES string of the molecule is O=C(COc1ccccc1)NNC(=O)c1ccc(-n2nc(C(F)(F)F)c3c2-c2ccoc2CC3)cc1. The second kappa shape index (κ2) is 9.25. The van der Waals surface area contributed by atoms with Crippen LogP contribution in [0.1, 0.15) is 27.4 Å². The molecule has 2 aromatic heterocycles. The van der Waals surface area contributed by atoms with Crippen LogP contribution >= 0.6 is 0 Å². The summed E-state index contributed by atoms with van der Waals surface area (Å²) in [6.07, 6.45) is -2.67. The zero-order chi connectivity index (χ0) is 25.3. The molecule has 36 heavy (non-hydrogen) atoms. The second-order valence-corrected chi connectivity index (χ2v) is 7.99. The smallest absolute Gasteiger partial charge is 0.435 e. The number of amides is 2. The van der Waals surface area contributed by atoms with Gasteiger partial charge in [0.15, 0.2) is 12.3 Å². The molecule has 0 radical (unpaired) electrons. The van der Waals surface area contributed by atoms with Crippen molar-refractivity contribution >= 4 is 11.8 Å². The molecule has 0 spiro atoms. The summed E-state index contributed by atoms with van der Waals surface area (Å²) in [6.45, 7) is -0.300. The first-order valence-electron chi connectivity index (χ1n) is 10.9. The van der Waals surface area contributed by atoms with Crippen molar-refractivity contribution in [2.45, 2.75) is 19.0 Å². The van der Waals surface area contributed by atoms with Crippen LogP contribution in [0.5, 0.6) is 5.75 Å². The van der Waals surface area contributed by atoms with Crippen molar-refractivity contribution in [1.82, 2.24) is 20.6 Å². The van der Waals surface area contributed by atoms with E-state index < -0.39 is 23.7 Å². The molecule has 0 unspecified atom stereocenters. The lowest BCUT2D eigenvalue weighted by Gasteiger charge is -2.15. The Balaban J connectivity index is 1.30. The molecule has 2 heterocycles. The Hall–Kier alpha value is -4.54. The van der Waals surface area contributed by atoms with Gasteiger partial charge in [0, 0.05) is 23.1 Å². The molecule has 0 atom stereocenters. The maximum absolute atomic E-state index is 13.7. The van der Waals surface area contributed by atoms with Gasteiger partial charge in [-0.15, -0.1) is 0 Å². The van der Waals surface area contributed by atoms with Crippen LogP contribution in [0, 0.1) is 0 Å². The minimum Gasteiger partial charge on any atom is -0.484 e. The van der Waals surface area contributed by atoms with Crippen molar-refractivity contribution in [3.8, 4) is 22.7 Å². The van der Waals surface area contributed by atoms with Gasteiger partial charge in [-0.1, -0.05) is 18.2 Å². The lowest BCUT2D eigenvalue weighted by atomic mass is 9.94. The molecule has 4 aromatic rings. The Morgan fingerprint density at radius 2 is 1.75 bits per heavy atom. The first-order chi connectivity index (χ1) is 17.3. The quantitative estimate of drug-likeness (QED) is 0.406. The van der Waals surface area contributed by atoms with Gasteiger partial charge in [-0.2, -0.15) is 18.3 Å². The van der Waals surface area contributed by atoms with Gasteiger partial charge in [-0.3, -0.25) is 20.4 Å². The fraction of sp³-hybridized carbons (Fsp3) is 0.160. The number of furan rings is 1. The van der Waals surface area contributed by atoms with Crippen LogP contribution in [0.4, 0.5) is 13.2 Å². The van der Waals surface area contributed by atoms with Crippen molar-refractivity contribution < 1.29 is 31.9 Å². The number of hydrogen-bond donors (Lipinski definition) is 2. The molecule has 5 rings (SSSR count). The van der Waals surface area contributed by atoms with E-state index in [0.29, 0.717) is 34.9 Å². The third-order valence-corrected chi connectivity index (χ3v) is 5.66. The summed E-state index contributed by atoms with van der Waals surface area (Å²) < 4.78 is 53.0. The fourth-order valence-electron chi connectivity index (χ4n) is 4.02. The molecule has 2 amide bonds. The Morgan fingerprint density at radius 3 is 2.47 bits per heavy atom. The van der Waals surface area contributed by atoms with Crippen molar-refractivity contribution in [2.75, 3.05) is 6.61 Å². The van der Waals surface area contributed by atoms with Gasteiger partial charge >= 0.3 is 6.18 Å². The van der Waals surface area contributed by atoms with Gasteiger partial charge in [0.25, 0.3) is 11.8 Å². The number of alkyl halides is 3. The van der Waals surface area contributed by atoms with Crippen molar-refractivity contribution in [1.29, 1.82) is 0 Å². The molecular weight excluding hydrogens is 477 g/mol. The third-order valence-electron chi connectivity index (χ3n) is 5.66. The van der Waals surface area contributed by atoms with Gasteiger partial charge in [0.05, 0.1) is 17.6 Å². The van der Waals surface area contributed by atoms with E-state index in [9.17, 15) is 22.8 Å². The number of carbonyl (C=O) groups excluding carboxylic acids is 2. The number of carbonyl (C=O) groups is 2. The minimum atomic E-state index is -4.61. The Kier molecular flexibility index (Phi) is 5.96. The number of hydrogen-bond acceptors (Lipinski definition) is 5. The summed E-state index contributed by atoms with van der Waals surface area (Å²) in [4.78, 5) is 24.3. The maximum Gasteiger partial charge on any atom is 0.435 e. The number of para-hydroxylation sites is 1. The van der Waals surface area contributed by atoms with Gasteiger partial charge in [-0.05, 0) is 48.9 Å². The van der Waals surface area contributed by atoms with Gasteiger partial charge < -0.3 is 9.15 Å². The van der Waals surface area contributed by atoms with E-state index in [1.54, 1.807) is 30.3 Å². The van der Waals surface area contributed by atoms with Crippen LogP contribution in [0.3, 0.4) is 0 Å². The standard InChI is InChI=1S/C25H19F3N4O4/c26-25(27,28)23-19-10-11-20-18(12-13-35-20)22(19)32(31-23)16-8-6-15(7-9-16)24(34)30-29-21(33)14-36-17-4-2-1-3-5-17/h1-9,12-13H,10-11,14H2,(H,29,33)(H,30,34). The van der Waals surface area contributed by atoms with E-state index in [-0.39, 0.29) is 24.2 Å². The van der Waals surface area contributed by atoms with Gasteiger partial charge in [0.1, 0.15) is 11.5 Å². The zero-order valence-corrected chi connectivity index (χ0v) is 18.6. The average Bonchev–Trinajstić information content (AvgIpc) is 3.51. The Morgan fingerprint density at radius 1 is 1.00 bits per heavy atom. The van der Waals surface area contributed by atoms with Gasteiger partial charge in [0.2, 0.25) is 0 Å². The number of ether oxygens (including phenoxy) is 1. The number of nitrogens with one attached hydrogen (secondary N) is 2. The molecular formula is C25H19F3N4O4. The molecule has 0 saturated heterocycles. The van der Waals surface area contributed by atoms with E-state index in [1.807, 2.05) is 6.07 Å². The lowest BCUT2D eigenvalue weighted by Crippen LogP contribution is -2.43. The normalized spacial score (nSPS) is 12.4. The number of aryl methyl sites for hydroxylation is 1. The maximum atomic E-state index is 13.7. The number of aromatic nitrogens is 2. The first kappa shape index (κ1) is 23.2. The van der Waals surface area contributed by atoms with E-state index in [4.69, 9.17) is 9.15 Å². The van der Waals surface area contributed by atoms with E-state index in [2.05, 4.69) is 16.0 Å². The summed E-state index contributed by atoms with van der Waals surface area (Å²) in [7, 11) is 0. The van der Waals surface area contributed by atoms with E-state index in [0.717, 1.165) is 0 Å². The minimum absolute atomic E-state index is 0.110. The number of hydrazine groups is 1. The number of halogens is 3. The third kappa shape index (κ3) is 4.54. The van der Waals surface area contributed by atoms with Crippen molar-refractivity contribution in [3.63, 3.8) is 0 Å². The van der Waals surface area contributed by atoms with Crippen LogP contribution in [-0.2, 0) is 23.8 Å². The largest absolute Gasteiger partial charge is 0.484 e. The van der Waals surface area contributed by atoms with Crippen LogP contribution in [-0.4, -0.2) is 28.2 Å². The monoisotopic (exact) mass is 496 g/mol. The predicted octanol–water partition coefficient (Wildman–Crippen LogP) is 4.09. The van der Waals surface area contributed by atoms with Crippen molar-refractivity contribution in [2.24, 2.45) is 0 Å². The molecule has 184 valence electrons. The van der Waals surface area contributed by atoms with Crippen LogP contribution in [0.15, 0.2) is 71.3 Å². The van der Waals surface area contributed by atoms with E-state index >= 15 is 0 Å². The lowest BCUT2D eigenvalue weighted by molar-refractivity contribution is -0.142. The molecule has 2 aromatic carbocycles.